The van der Waals surface area contributed by atoms with E-state index in [0.29, 0.717) is 25.9 Å². The van der Waals surface area contributed by atoms with E-state index in [2.05, 4.69) is 10.2 Å². The van der Waals surface area contributed by atoms with Crippen LogP contribution in [-0.4, -0.2) is 55.4 Å². The predicted molar refractivity (Wildman–Crippen MR) is 113 cm³/mol. The third kappa shape index (κ3) is 7.49. The van der Waals surface area contributed by atoms with Crippen LogP contribution < -0.4 is 10.1 Å². The van der Waals surface area contributed by atoms with Gasteiger partial charge in [0.15, 0.2) is 0 Å². The molecule has 0 bridgehead atoms. The second-order valence-corrected chi connectivity index (χ2v) is 7.19. The summed E-state index contributed by atoms with van der Waals surface area (Å²) in [6.07, 6.45) is 1.24. The SMILES string of the molecule is O=C(CCCOc1ccccc1)Nc1ccc(C(O)CCN2CCOCC2)cc1. The lowest BCUT2D eigenvalue weighted by atomic mass is 10.1. The number of benzene rings is 2. The number of hydrogen-bond donors (Lipinski definition) is 2. The Kier molecular flexibility index (Phi) is 8.49. The number of carbonyl (C=O) groups excluding carboxylic acids is 1. The number of aliphatic hydroxyl groups is 1. The zero-order valence-corrected chi connectivity index (χ0v) is 16.8. The summed E-state index contributed by atoms with van der Waals surface area (Å²) in [4.78, 5) is 14.4. The first-order valence-corrected chi connectivity index (χ1v) is 10.3. The largest absolute Gasteiger partial charge is 0.494 e. The van der Waals surface area contributed by atoms with Gasteiger partial charge >= 0.3 is 0 Å². The highest BCUT2D eigenvalue weighted by Gasteiger charge is 2.14. The molecule has 0 aliphatic carbocycles. The van der Waals surface area contributed by atoms with Crippen LogP contribution in [0.5, 0.6) is 5.75 Å². The van der Waals surface area contributed by atoms with E-state index in [1.807, 2.05) is 54.6 Å². The maximum atomic E-state index is 12.1. The van der Waals surface area contributed by atoms with Gasteiger partial charge in [0.05, 0.1) is 25.9 Å². The van der Waals surface area contributed by atoms with Crippen LogP contribution in [0.15, 0.2) is 54.6 Å². The lowest BCUT2D eigenvalue weighted by molar-refractivity contribution is -0.116. The Morgan fingerprint density at radius 3 is 2.55 bits per heavy atom. The summed E-state index contributed by atoms with van der Waals surface area (Å²) >= 11 is 0. The minimum atomic E-state index is -0.502. The number of aliphatic hydroxyl groups excluding tert-OH is 1. The fourth-order valence-corrected chi connectivity index (χ4v) is 3.25. The molecule has 2 N–H and O–H groups in total. The van der Waals surface area contributed by atoms with Crippen molar-refractivity contribution in [3.63, 3.8) is 0 Å². The number of carbonyl (C=O) groups is 1. The van der Waals surface area contributed by atoms with Gasteiger partial charge in [-0.25, -0.2) is 0 Å². The van der Waals surface area contributed by atoms with Gasteiger partial charge in [-0.2, -0.15) is 0 Å². The Balaban J connectivity index is 1.35. The summed E-state index contributed by atoms with van der Waals surface area (Å²) in [6, 6.07) is 17.0. The van der Waals surface area contributed by atoms with E-state index in [1.54, 1.807) is 0 Å². The molecular formula is C23H30N2O4. The minimum Gasteiger partial charge on any atom is -0.494 e. The van der Waals surface area contributed by atoms with Gasteiger partial charge in [0.1, 0.15) is 5.75 Å². The molecule has 0 spiro atoms. The Labute approximate surface area is 172 Å². The highest BCUT2D eigenvalue weighted by Crippen LogP contribution is 2.20. The molecule has 1 amide bonds. The van der Waals surface area contributed by atoms with Gasteiger partial charge in [0.2, 0.25) is 5.91 Å². The van der Waals surface area contributed by atoms with Crippen LogP contribution in [-0.2, 0) is 9.53 Å². The van der Waals surface area contributed by atoms with Gasteiger partial charge < -0.3 is 19.9 Å². The van der Waals surface area contributed by atoms with Gasteiger partial charge in [-0.15, -0.1) is 0 Å². The molecule has 0 saturated carbocycles. The fourth-order valence-electron chi connectivity index (χ4n) is 3.25. The fraction of sp³-hybridized carbons (Fsp3) is 0.435. The predicted octanol–water partition coefficient (Wildman–Crippen LogP) is 3.24. The molecule has 1 fully saturated rings. The highest BCUT2D eigenvalue weighted by molar-refractivity contribution is 5.90. The third-order valence-corrected chi connectivity index (χ3v) is 4.96. The molecule has 0 radical (unpaired) electrons. The van der Waals surface area contributed by atoms with Crippen molar-refractivity contribution in [2.24, 2.45) is 0 Å². The van der Waals surface area contributed by atoms with Crippen LogP contribution in [0.1, 0.15) is 30.9 Å². The lowest BCUT2D eigenvalue weighted by Gasteiger charge is -2.27. The second kappa shape index (κ2) is 11.6. The smallest absolute Gasteiger partial charge is 0.224 e. The summed E-state index contributed by atoms with van der Waals surface area (Å²) in [5.74, 6) is 0.776. The molecule has 1 atom stereocenters. The van der Waals surface area contributed by atoms with E-state index < -0.39 is 6.10 Å². The first-order valence-electron chi connectivity index (χ1n) is 10.3. The van der Waals surface area contributed by atoms with E-state index >= 15 is 0 Å². The molecule has 0 aromatic heterocycles. The van der Waals surface area contributed by atoms with E-state index in [9.17, 15) is 9.90 Å². The zero-order chi connectivity index (χ0) is 20.3. The van der Waals surface area contributed by atoms with E-state index in [-0.39, 0.29) is 5.91 Å². The molecule has 2 aromatic carbocycles. The van der Waals surface area contributed by atoms with Crippen molar-refractivity contribution in [1.82, 2.24) is 4.90 Å². The van der Waals surface area contributed by atoms with Crippen molar-refractivity contribution in [2.45, 2.75) is 25.4 Å². The van der Waals surface area contributed by atoms with Gasteiger partial charge in [0.25, 0.3) is 0 Å². The lowest BCUT2D eigenvalue weighted by Crippen LogP contribution is -2.37. The van der Waals surface area contributed by atoms with Gasteiger partial charge in [-0.1, -0.05) is 30.3 Å². The molecule has 3 rings (SSSR count). The average molecular weight is 399 g/mol. The standard InChI is InChI=1S/C23H30N2O4/c26-22(12-13-25-14-17-28-18-15-25)19-8-10-20(11-9-19)24-23(27)7-4-16-29-21-5-2-1-3-6-21/h1-3,5-6,8-11,22,26H,4,7,12-18H2,(H,24,27). The molecule has 1 aliphatic heterocycles. The molecule has 1 heterocycles. The summed E-state index contributed by atoms with van der Waals surface area (Å²) in [5.41, 5.74) is 1.61. The van der Waals surface area contributed by atoms with Crippen LogP contribution in [0.3, 0.4) is 0 Å². The topological polar surface area (TPSA) is 71.0 Å². The van der Waals surface area contributed by atoms with E-state index in [1.165, 1.54) is 0 Å². The average Bonchev–Trinajstić information content (AvgIpc) is 2.77. The first kappa shape index (κ1) is 21.3. The van der Waals surface area contributed by atoms with Crippen molar-refractivity contribution in [2.75, 3.05) is 44.8 Å². The molecule has 29 heavy (non-hydrogen) atoms. The number of anilines is 1. The van der Waals surface area contributed by atoms with Crippen molar-refractivity contribution in [3.05, 3.63) is 60.2 Å². The van der Waals surface area contributed by atoms with Gasteiger partial charge in [-0.05, 0) is 42.7 Å². The summed E-state index contributed by atoms with van der Waals surface area (Å²) in [5, 5.41) is 13.3. The van der Waals surface area contributed by atoms with Crippen LogP contribution in [0.25, 0.3) is 0 Å². The van der Waals surface area contributed by atoms with Crippen LogP contribution in [0.2, 0.25) is 0 Å². The van der Waals surface area contributed by atoms with Crippen molar-refractivity contribution in [1.29, 1.82) is 0 Å². The molecule has 6 nitrogen and oxygen atoms in total. The van der Waals surface area contributed by atoms with Crippen LogP contribution in [0.4, 0.5) is 5.69 Å². The van der Waals surface area contributed by atoms with Crippen molar-refractivity contribution in [3.8, 4) is 5.75 Å². The highest BCUT2D eigenvalue weighted by atomic mass is 16.5. The number of amides is 1. The Morgan fingerprint density at radius 2 is 1.83 bits per heavy atom. The minimum absolute atomic E-state index is 0.0396. The number of nitrogens with one attached hydrogen (secondary N) is 1. The summed E-state index contributed by atoms with van der Waals surface area (Å²) in [6.45, 7) is 4.74. The summed E-state index contributed by atoms with van der Waals surface area (Å²) < 4.78 is 10.9. The Bertz CT molecular complexity index is 730. The van der Waals surface area contributed by atoms with Gasteiger partial charge in [0, 0.05) is 31.7 Å². The van der Waals surface area contributed by atoms with Crippen molar-refractivity contribution >= 4 is 11.6 Å². The monoisotopic (exact) mass is 398 g/mol. The first-order chi connectivity index (χ1) is 14.2. The van der Waals surface area contributed by atoms with Crippen LogP contribution >= 0.6 is 0 Å². The zero-order valence-electron chi connectivity index (χ0n) is 16.8. The molecular weight excluding hydrogens is 368 g/mol. The number of hydrogen-bond acceptors (Lipinski definition) is 5. The number of nitrogens with zero attached hydrogens (tertiary/aromatic N) is 1. The number of ether oxygens (including phenoxy) is 2. The third-order valence-electron chi connectivity index (χ3n) is 4.96. The molecule has 156 valence electrons. The quantitative estimate of drug-likeness (QED) is 0.601. The van der Waals surface area contributed by atoms with E-state index in [4.69, 9.17) is 9.47 Å². The number of morpholine rings is 1. The van der Waals surface area contributed by atoms with E-state index in [0.717, 1.165) is 49.8 Å². The maximum absolute atomic E-state index is 12.1. The normalized spacial score (nSPS) is 15.6. The molecule has 1 aliphatic rings. The second-order valence-electron chi connectivity index (χ2n) is 7.19. The number of rotatable bonds is 10. The summed E-state index contributed by atoms with van der Waals surface area (Å²) in [7, 11) is 0. The number of para-hydroxylation sites is 1. The molecule has 1 unspecified atom stereocenters. The molecule has 6 heteroatoms. The molecule has 1 saturated heterocycles. The Hall–Kier alpha value is -2.41. The van der Waals surface area contributed by atoms with Gasteiger partial charge in [-0.3, -0.25) is 9.69 Å². The van der Waals surface area contributed by atoms with Crippen molar-refractivity contribution < 1.29 is 19.4 Å². The van der Waals surface area contributed by atoms with Crippen LogP contribution in [0, 0.1) is 0 Å². The maximum Gasteiger partial charge on any atom is 0.224 e. The Morgan fingerprint density at radius 1 is 1.10 bits per heavy atom. The molecule has 2 aromatic rings.